The molecule has 0 saturated carbocycles. The molecule has 0 unspecified atom stereocenters. The smallest absolute Gasteiger partial charge is 0.268 e. The van der Waals surface area contributed by atoms with Crippen molar-refractivity contribution >= 4 is 15.8 Å². The van der Waals surface area contributed by atoms with Gasteiger partial charge in [-0.1, -0.05) is 41.6 Å². The quantitative estimate of drug-likeness (QED) is 0.486. The van der Waals surface area contributed by atoms with E-state index in [4.69, 9.17) is 15.0 Å². The lowest BCUT2D eigenvalue weighted by molar-refractivity contribution is 0.134. The van der Waals surface area contributed by atoms with E-state index in [1.54, 1.807) is 32.0 Å². The molecule has 0 aliphatic rings. The molecular weight excluding hydrogens is 418 g/mol. The fourth-order valence-corrected chi connectivity index (χ4v) is 4.79. The second-order valence-electron chi connectivity index (χ2n) is 7.01. The Balaban J connectivity index is 2.17. The zero-order chi connectivity index (χ0) is 22.6. The van der Waals surface area contributed by atoms with Crippen LogP contribution in [0.1, 0.15) is 29.4 Å². The molecule has 0 amide bonds. The number of hydrogen-bond acceptors (Lipinski definition) is 7. The molecule has 0 aliphatic heterocycles. The molecule has 0 fully saturated rings. The van der Waals surface area contributed by atoms with Gasteiger partial charge in [-0.2, -0.15) is 0 Å². The summed E-state index contributed by atoms with van der Waals surface area (Å²) in [5, 5.41) is 13.8. The molecule has 2 aromatic carbocycles. The second kappa shape index (κ2) is 9.61. The molecule has 3 aromatic rings. The van der Waals surface area contributed by atoms with Crippen molar-refractivity contribution in [2.24, 2.45) is 5.73 Å². The van der Waals surface area contributed by atoms with Gasteiger partial charge in [-0.05, 0) is 43.5 Å². The number of benzene rings is 2. The highest BCUT2D eigenvalue weighted by molar-refractivity contribution is 7.93. The average molecular weight is 446 g/mol. The van der Waals surface area contributed by atoms with E-state index in [9.17, 15) is 13.5 Å². The van der Waals surface area contributed by atoms with Gasteiger partial charge in [0.05, 0.1) is 11.5 Å². The van der Waals surface area contributed by atoms with E-state index in [0.717, 1.165) is 21.0 Å². The van der Waals surface area contributed by atoms with Gasteiger partial charge in [0.1, 0.15) is 12.5 Å². The molecule has 1 heterocycles. The first-order chi connectivity index (χ1) is 14.8. The van der Waals surface area contributed by atoms with E-state index in [-0.39, 0.29) is 10.7 Å². The number of nitrogens with two attached hydrogens (primary N) is 1. The van der Waals surface area contributed by atoms with Crippen molar-refractivity contribution in [2.75, 3.05) is 17.6 Å². The first kappa shape index (κ1) is 23.0. The fourth-order valence-electron chi connectivity index (χ4n) is 3.30. The van der Waals surface area contributed by atoms with Gasteiger partial charge in [0.15, 0.2) is 5.82 Å². The van der Waals surface area contributed by atoms with Gasteiger partial charge in [-0.15, -0.1) is 0 Å². The maximum atomic E-state index is 13.6. The summed E-state index contributed by atoms with van der Waals surface area (Å²) in [5.74, 6) is 0.538. The van der Waals surface area contributed by atoms with Gasteiger partial charge >= 0.3 is 0 Å². The first-order valence-corrected chi connectivity index (χ1v) is 11.3. The van der Waals surface area contributed by atoms with Gasteiger partial charge in [-0.25, -0.2) is 12.7 Å². The monoisotopic (exact) mass is 445 g/mol. The van der Waals surface area contributed by atoms with Gasteiger partial charge in [0, 0.05) is 24.3 Å². The summed E-state index contributed by atoms with van der Waals surface area (Å²) in [7, 11) is -4.15. The minimum Gasteiger partial charge on any atom is -0.377 e. The maximum Gasteiger partial charge on any atom is 0.268 e. The molecule has 0 aliphatic carbocycles. The van der Waals surface area contributed by atoms with Crippen molar-refractivity contribution in [3.05, 3.63) is 64.9 Å². The summed E-state index contributed by atoms with van der Waals surface area (Å²) in [6.07, 6.45) is 0. The molecule has 8 nitrogen and oxygen atoms in total. The number of nitrogens with zero attached hydrogens (tertiary/aromatic N) is 2. The van der Waals surface area contributed by atoms with Crippen LogP contribution < -0.4 is 10.0 Å². The molecule has 3 rings (SSSR count). The molecule has 1 aromatic heterocycles. The van der Waals surface area contributed by atoms with Crippen molar-refractivity contribution in [1.29, 1.82) is 0 Å². The van der Waals surface area contributed by atoms with Gasteiger partial charge < -0.3 is 20.1 Å². The van der Waals surface area contributed by atoms with Crippen LogP contribution in [0.3, 0.4) is 0 Å². The Morgan fingerprint density at radius 2 is 1.90 bits per heavy atom. The molecule has 0 bridgehead atoms. The highest BCUT2D eigenvalue weighted by atomic mass is 32.2. The Kier molecular flexibility index (Phi) is 7.11. The second-order valence-corrected chi connectivity index (χ2v) is 8.84. The van der Waals surface area contributed by atoms with Crippen LogP contribution in [0, 0.1) is 13.8 Å². The van der Waals surface area contributed by atoms with E-state index >= 15 is 0 Å². The molecule has 0 spiro atoms. The normalized spacial score (nSPS) is 11.6. The average Bonchev–Trinajstić information content (AvgIpc) is 3.10. The van der Waals surface area contributed by atoms with Crippen molar-refractivity contribution in [2.45, 2.75) is 38.8 Å². The van der Waals surface area contributed by atoms with Crippen LogP contribution >= 0.6 is 0 Å². The molecule has 31 heavy (non-hydrogen) atoms. The lowest BCUT2D eigenvalue weighted by Crippen LogP contribution is -2.33. The molecular formula is C22H27N3O5S. The number of aliphatic hydroxyl groups excluding tert-OH is 1. The Bertz CT molecular complexity index is 1160. The van der Waals surface area contributed by atoms with E-state index in [1.165, 1.54) is 6.07 Å². The Morgan fingerprint density at radius 3 is 2.52 bits per heavy atom. The van der Waals surface area contributed by atoms with Crippen LogP contribution in [0.15, 0.2) is 51.9 Å². The largest absolute Gasteiger partial charge is 0.377 e. The Hall–Kier alpha value is -2.72. The van der Waals surface area contributed by atoms with Gasteiger partial charge in [-0.3, -0.25) is 0 Å². The van der Waals surface area contributed by atoms with Crippen LogP contribution in [-0.2, 0) is 27.9 Å². The fraction of sp³-hybridized carbons (Fsp3) is 0.318. The lowest BCUT2D eigenvalue weighted by Gasteiger charge is -2.22. The zero-order valence-corrected chi connectivity index (χ0v) is 18.6. The molecule has 9 heteroatoms. The number of rotatable bonds is 9. The van der Waals surface area contributed by atoms with Crippen LogP contribution in [0.25, 0.3) is 11.1 Å². The Labute approximate surface area is 182 Å². The van der Waals surface area contributed by atoms with Crippen LogP contribution in [-0.4, -0.2) is 32.0 Å². The molecule has 166 valence electrons. The predicted molar refractivity (Wildman–Crippen MR) is 118 cm³/mol. The summed E-state index contributed by atoms with van der Waals surface area (Å²) in [4.78, 5) is 0.0438. The number of aliphatic hydroxyl groups is 1. The SMILES string of the molecule is CCOCc1cc(CN)ccc1-c1ccccc1S(=O)(=O)N(CO)c1noc(C)c1C. The summed E-state index contributed by atoms with van der Waals surface area (Å²) >= 11 is 0. The number of aromatic nitrogens is 1. The number of sulfonamides is 1. The van der Waals surface area contributed by atoms with Crippen LogP contribution in [0.2, 0.25) is 0 Å². The zero-order valence-electron chi connectivity index (χ0n) is 17.8. The van der Waals surface area contributed by atoms with Crippen LogP contribution in [0.4, 0.5) is 5.82 Å². The molecule has 0 saturated heterocycles. The van der Waals surface area contributed by atoms with E-state index in [0.29, 0.717) is 36.6 Å². The van der Waals surface area contributed by atoms with E-state index < -0.39 is 16.8 Å². The van der Waals surface area contributed by atoms with Gasteiger partial charge in [0.25, 0.3) is 10.0 Å². The third-order valence-electron chi connectivity index (χ3n) is 5.11. The van der Waals surface area contributed by atoms with E-state index in [2.05, 4.69) is 5.16 Å². The van der Waals surface area contributed by atoms with Crippen molar-refractivity contribution in [3.63, 3.8) is 0 Å². The molecule has 0 radical (unpaired) electrons. The highest BCUT2D eigenvalue weighted by Crippen LogP contribution is 2.35. The molecule has 3 N–H and O–H groups in total. The van der Waals surface area contributed by atoms with Crippen LogP contribution in [0.5, 0.6) is 0 Å². The van der Waals surface area contributed by atoms with E-state index in [1.807, 2.05) is 25.1 Å². The third-order valence-corrected chi connectivity index (χ3v) is 6.89. The minimum atomic E-state index is -4.15. The number of ether oxygens (including phenoxy) is 1. The van der Waals surface area contributed by atoms with Gasteiger partial charge in [0.2, 0.25) is 0 Å². The van der Waals surface area contributed by atoms with Crippen molar-refractivity contribution < 1.29 is 22.8 Å². The summed E-state index contributed by atoms with van der Waals surface area (Å²) in [6.45, 7) is 5.70. The summed E-state index contributed by atoms with van der Waals surface area (Å²) < 4.78 is 38.8. The maximum absolute atomic E-state index is 13.6. The predicted octanol–water partition coefficient (Wildman–Crippen LogP) is 3.10. The number of anilines is 1. The standard InChI is InChI=1S/C22H27N3O5S/c1-4-29-13-18-11-17(12-23)9-10-19(18)20-7-5-6-8-21(20)31(27,28)25(14-26)22-15(2)16(3)30-24-22/h5-11,26H,4,12-14,23H2,1-3H3. The topological polar surface area (TPSA) is 119 Å². The molecule has 0 atom stereocenters. The van der Waals surface area contributed by atoms with Crippen molar-refractivity contribution in [1.82, 2.24) is 5.16 Å². The summed E-state index contributed by atoms with van der Waals surface area (Å²) in [5.41, 5.74) is 9.29. The Morgan fingerprint density at radius 1 is 1.16 bits per heavy atom. The highest BCUT2D eigenvalue weighted by Gasteiger charge is 2.31. The minimum absolute atomic E-state index is 0.0438. The lowest BCUT2D eigenvalue weighted by atomic mass is 9.98. The summed E-state index contributed by atoms with van der Waals surface area (Å²) in [6, 6.07) is 12.3. The third kappa shape index (κ3) is 4.49. The number of aryl methyl sites for hydroxylation is 1. The number of hydrogen-bond donors (Lipinski definition) is 2. The van der Waals surface area contributed by atoms with Crippen molar-refractivity contribution in [3.8, 4) is 11.1 Å². The first-order valence-electron chi connectivity index (χ1n) is 9.90.